The highest BCUT2D eigenvalue weighted by molar-refractivity contribution is 7.99. The highest BCUT2D eigenvalue weighted by Crippen LogP contribution is 2.17. The zero-order valence-electron chi connectivity index (χ0n) is 9.68. The largest absolute Gasteiger partial charge is 0.466 e. The summed E-state index contributed by atoms with van der Waals surface area (Å²) < 4.78 is 4.81. The fraction of sp³-hybridized carbons (Fsp3) is 0.500. The predicted octanol–water partition coefficient (Wildman–Crippen LogP) is 1.08. The minimum atomic E-state index is -0.180. The Morgan fingerprint density at radius 3 is 2.65 bits per heavy atom. The molecule has 0 fully saturated rings. The number of esters is 1. The normalized spacial score (nSPS) is 10.2. The Morgan fingerprint density at radius 2 is 2.06 bits per heavy atom. The van der Waals surface area contributed by atoms with Crippen LogP contribution in [0.4, 0.5) is 11.6 Å². The highest BCUT2D eigenvalue weighted by atomic mass is 32.2. The number of nitrogens with zero attached hydrogens (tertiary/aromatic N) is 2. The topological polar surface area (TPSA) is 104 Å². The van der Waals surface area contributed by atoms with Gasteiger partial charge in [0.25, 0.3) is 0 Å². The van der Waals surface area contributed by atoms with E-state index in [2.05, 4.69) is 9.97 Å². The van der Waals surface area contributed by atoms with Gasteiger partial charge in [0.05, 0.1) is 6.61 Å². The molecule has 0 aliphatic heterocycles. The molecule has 6 nitrogen and oxygen atoms in total. The van der Waals surface area contributed by atoms with Crippen LogP contribution in [0.3, 0.4) is 0 Å². The lowest BCUT2D eigenvalue weighted by atomic mass is 10.3. The minimum absolute atomic E-state index is 0.180. The van der Waals surface area contributed by atoms with Gasteiger partial charge in [-0.2, -0.15) is 0 Å². The van der Waals surface area contributed by atoms with Crippen molar-refractivity contribution in [3.05, 3.63) is 6.07 Å². The van der Waals surface area contributed by atoms with Crippen LogP contribution in [0.2, 0.25) is 0 Å². The van der Waals surface area contributed by atoms with Gasteiger partial charge in [-0.15, -0.1) is 0 Å². The van der Waals surface area contributed by atoms with Crippen LogP contribution >= 0.6 is 11.8 Å². The third kappa shape index (κ3) is 5.39. The molecule has 17 heavy (non-hydrogen) atoms. The molecule has 1 heterocycles. The standard InChI is InChI=1S/C10H16N4O2S/c1-2-16-9(15)4-3-5-17-10-13-7(11)6-8(12)14-10/h6H,2-5H2,1H3,(H4,11,12,13,14). The molecule has 0 aliphatic carbocycles. The summed E-state index contributed by atoms with van der Waals surface area (Å²) in [6.45, 7) is 2.21. The average molecular weight is 256 g/mol. The van der Waals surface area contributed by atoms with Crippen LogP contribution in [0.5, 0.6) is 0 Å². The van der Waals surface area contributed by atoms with Crippen molar-refractivity contribution in [1.29, 1.82) is 0 Å². The van der Waals surface area contributed by atoms with E-state index in [4.69, 9.17) is 16.2 Å². The summed E-state index contributed by atoms with van der Waals surface area (Å²) >= 11 is 1.42. The highest BCUT2D eigenvalue weighted by Gasteiger charge is 2.04. The molecule has 94 valence electrons. The lowest BCUT2D eigenvalue weighted by Crippen LogP contribution is -2.04. The molecule has 0 atom stereocenters. The quantitative estimate of drug-likeness (QED) is 0.339. The molecule has 4 N–H and O–H groups in total. The van der Waals surface area contributed by atoms with Crippen LogP contribution in [0.25, 0.3) is 0 Å². The summed E-state index contributed by atoms with van der Waals surface area (Å²) in [5.74, 6) is 1.25. The summed E-state index contributed by atoms with van der Waals surface area (Å²) in [4.78, 5) is 19.1. The smallest absolute Gasteiger partial charge is 0.305 e. The van der Waals surface area contributed by atoms with Gasteiger partial charge in [-0.1, -0.05) is 11.8 Å². The summed E-state index contributed by atoms with van der Waals surface area (Å²) in [6, 6.07) is 1.50. The maximum atomic E-state index is 11.1. The number of aromatic nitrogens is 2. The van der Waals surface area contributed by atoms with E-state index in [1.54, 1.807) is 6.92 Å². The average Bonchev–Trinajstić information content (AvgIpc) is 2.23. The summed E-state index contributed by atoms with van der Waals surface area (Å²) in [5.41, 5.74) is 11.1. The Kier molecular flexibility index (Phi) is 5.55. The zero-order chi connectivity index (χ0) is 12.7. The lowest BCUT2D eigenvalue weighted by molar-refractivity contribution is -0.143. The van der Waals surface area contributed by atoms with Crippen molar-refractivity contribution in [2.45, 2.75) is 24.9 Å². The van der Waals surface area contributed by atoms with Crippen LogP contribution in [0.1, 0.15) is 19.8 Å². The van der Waals surface area contributed by atoms with Gasteiger partial charge in [0.15, 0.2) is 5.16 Å². The Morgan fingerprint density at radius 1 is 1.41 bits per heavy atom. The monoisotopic (exact) mass is 256 g/mol. The van der Waals surface area contributed by atoms with Crippen molar-refractivity contribution < 1.29 is 9.53 Å². The maximum absolute atomic E-state index is 11.1. The van der Waals surface area contributed by atoms with Gasteiger partial charge in [0.1, 0.15) is 11.6 Å². The number of anilines is 2. The number of nitrogen functional groups attached to an aromatic ring is 2. The van der Waals surface area contributed by atoms with Crippen LogP contribution in [-0.4, -0.2) is 28.3 Å². The molecule has 0 unspecified atom stereocenters. The molecule has 0 saturated carbocycles. The minimum Gasteiger partial charge on any atom is -0.466 e. The molecule has 0 spiro atoms. The third-order valence-electron chi connectivity index (χ3n) is 1.81. The molecule has 1 aromatic heterocycles. The third-order valence-corrected chi connectivity index (χ3v) is 2.74. The molecule has 0 amide bonds. The molecule has 1 aromatic rings. The number of hydrogen-bond acceptors (Lipinski definition) is 7. The van der Waals surface area contributed by atoms with Gasteiger partial charge in [0.2, 0.25) is 0 Å². The fourth-order valence-electron chi connectivity index (χ4n) is 1.14. The predicted molar refractivity (Wildman–Crippen MR) is 67.4 cm³/mol. The van der Waals surface area contributed by atoms with Crippen LogP contribution < -0.4 is 11.5 Å². The Bertz CT molecular complexity index is 366. The van der Waals surface area contributed by atoms with Gasteiger partial charge in [-0.3, -0.25) is 4.79 Å². The van der Waals surface area contributed by atoms with E-state index in [1.165, 1.54) is 17.8 Å². The Labute approximate surface area is 104 Å². The number of thioether (sulfide) groups is 1. The second-order valence-electron chi connectivity index (χ2n) is 3.26. The molecule has 0 aromatic carbocycles. The van der Waals surface area contributed by atoms with Crippen LogP contribution in [-0.2, 0) is 9.53 Å². The summed E-state index contributed by atoms with van der Waals surface area (Å²) in [7, 11) is 0. The van der Waals surface area contributed by atoms with E-state index < -0.39 is 0 Å². The zero-order valence-corrected chi connectivity index (χ0v) is 10.5. The van der Waals surface area contributed by atoms with Crippen molar-refractivity contribution >= 4 is 29.4 Å². The first kappa shape index (κ1) is 13.6. The second kappa shape index (κ2) is 6.95. The van der Waals surface area contributed by atoms with Gasteiger partial charge in [-0.25, -0.2) is 9.97 Å². The molecule has 1 rings (SSSR count). The Hall–Kier alpha value is -1.50. The van der Waals surface area contributed by atoms with Crippen LogP contribution in [0.15, 0.2) is 11.2 Å². The van der Waals surface area contributed by atoms with Crippen molar-refractivity contribution in [2.24, 2.45) is 0 Å². The first-order valence-electron chi connectivity index (χ1n) is 5.30. The van der Waals surface area contributed by atoms with Crippen molar-refractivity contribution in [3.8, 4) is 0 Å². The lowest BCUT2D eigenvalue weighted by Gasteiger charge is -2.03. The second-order valence-corrected chi connectivity index (χ2v) is 4.32. The molecule has 0 saturated heterocycles. The number of carbonyl (C=O) groups excluding carboxylic acids is 1. The molecular formula is C10H16N4O2S. The van der Waals surface area contributed by atoms with E-state index in [1.807, 2.05) is 0 Å². The van der Waals surface area contributed by atoms with Gasteiger partial charge in [0, 0.05) is 18.2 Å². The number of hydrogen-bond donors (Lipinski definition) is 2. The fourth-order valence-corrected chi connectivity index (χ4v) is 1.95. The first-order chi connectivity index (χ1) is 8.11. The van der Waals surface area contributed by atoms with Crippen molar-refractivity contribution in [3.63, 3.8) is 0 Å². The summed E-state index contributed by atoms with van der Waals surface area (Å²) in [5, 5.41) is 0.534. The first-order valence-corrected chi connectivity index (χ1v) is 6.29. The van der Waals surface area contributed by atoms with E-state index in [0.717, 1.165) is 5.75 Å². The van der Waals surface area contributed by atoms with Crippen molar-refractivity contribution in [2.75, 3.05) is 23.8 Å². The van der Waals surface area contributed by atoms with Crippen LogP contribution in [0, 0.1) is 0 Å². The number of carbonyl (C=O) groups is 1. The van der Waals surface area contributed by atoms with E-state index in [0.29, 0.717) is 36.2 Å². The number of nitrogens with two attached hydrogens (primary N) is 2. The summed E-state index contributed by atoms with van der Waals surface area (Å²) in [6.07, 6.45) is 1.11. The van der Waals surface area contributed by atoms with E-state index in [-0.39, 0.29) is 5.97 Å². The van der Waals surface area contributed by atoms with Gasteiger partial charge in [-0.05, 0) is 13.3 Å². The van der Waals surface area contributed by atoms with E-state index in [9.17, 15) is 4.79 Å². The number of rotatable bonds is 6. The Balaban J connectivity index is 2.28. The number of ether oxygens (including phenoxy) is 1. The molecule has 7 heteroatoms. The molecule has 0 radical (unpaired) electrons. The van der Waals surface area contributed by atoms with Gasteiger partial charge >= 0.3 is 5.97 Å². The van der Waals surface area contributed by atoms with Gasteiger partial charge < -0.3 is 16.2 Å². The molecule has 0 bridgehead atoms. The SMILES string of the molecule is CCOC(=O)CCCSc1nc(N)cc(N)n1. The molecule has 0 aliphatic rings. The van der Waals surface area contributed by atoms with Crippen molar-refractivity contribution in [1.82, 2.24) is 9.97 Å². The maximum Gasteiger partial charge on any atom is 0.305 e. The molecular weight excluding hydrogens is 240 g/mol. The van der Waals surface area contributed by atoms with E-state index >= 15 is 0 Å².